The highest BCUT2D eigenvalue weighted by Gasteiger charge is 2.10. The maximum absolute atomic E-state index is 12.5. The van der Waals surface area contributed by atoms with Gasteiger partial charge in [-0.2, -0.15) is 0 Å². The van der Waals surface area contributed by atoms with Gasteiger partial charge in [0.15, 0.2) is 0 Å². The number of nitrogens with zero attached hydrogens (tertiary/aromatic N) is 2. The average molecular weight is 408 g/mol. The first-order valence-corrected chi connectivity index (χ1v) is 10.7. The van der Waals surface area contributed by atoms with E-state index >= 15 is 0 Å². The van der Waals surface area contributed by atoms with Crippen molar-refractivity contribution in [2.75, 3.05) is 6.54 Å². The Hall–Kier alpha value is -3.79. The summed E-state index contributed by atoms with van der Waals surface area (Å²) in [5.41, 5.74) is 4.86. The SMILES string of the molecule is O=C(Cn1ccc2ccccc21)NCCc1cn(Cc2ccccc2)c2ccccc12. The van der Waals surface area contributed by atoms with E-state index in [9.17, 15) is 4.79 Å². The monoisotopic (exact) mass is 407 g/mol. The molecule has 31 heavy (non-hydrogen) atoms. The van der Waals surface area contributed by atoms with Crippen LogP contribution in [-0.4, -0.2) is 21.6 Å². The number of carbonyl (C=O) groups excluding carboxylic acids is 1. The van der Waals surface area contributed by atoms with Gasteiger partial charge in [-0.3, -0.25) is 4.79 Å². The van der Waals surface area contributed by atoms with Crippen LogP contribution in [0.25, 0.3) is 21.8 Å². The summed E-state index contributed by atoms with van der Waals surface area (Å²) < 4.78 is 4.30. The Kier molecular flexibility index (Phi) is 5.28. The third-order valence-electron chi connectivity index (χ3n) is 5.78. The standard InChI is InChI=1S/C27H25N3O/c31-27(20-29-17-15-22-10-4-6-12-25(22)29)28-16-14-23-19-30(18-21-8-2-1-3-9-21)26-13-7-5-11-24(23)26/h1-13,15,17,19H,14,16,18,20H2,(H,28,31). The zero-order valence-corrected chi connectivity index (χ0v) is 17.4. The summed E-state index contributed by atoms with van der Waals surface area (Å²) in [7, 11) is 0. The Balaban J connectivity index is 1.26. The van der Waals surface area contributed by atoms with Crippen LogP contribution in [0.1, 0.15) is 11.1 Å². The molecule has 5 rings (SSSR count). The Morgan fingerprint density at radius 2 is 1.52 bits per heavy atom. The van der Waals surface area contributed by atoms with Gasteiger partial charge in [0.1, 0.15) is 6.54 Å². The van der Waals surface area contributed by atoms with Crippen molar-refractivity contribution in [3.63, 3.8) is 0 Å². The first-order chi connectivity index (χ1) is 15.3. The van der Waals surface area contributed by atoms with E-state index in [1.165, 1.54) is 22.0 Å². The molecule has 0 aliphatic carbocycles. The maximum Gasteiger partial charge on any atom is 0.239 e. The van der Waals surface area contributed by atoms with Gasteiger partial charge < -0.3 is 14.5 Å². The highest BCUT2D eigenvalue weighted by Crippen LogP contribution is 2.23. The molecule has 2 aromatic heterocycles. The predicted octanol–water partition coefficient (Wildman–Crippen LogP) is 5.00. The number of amides is 1. The van der Waals surface area contributed by atoms with E-state index in [4.69, 9.17) is 0 Å². The van der Waals surface area contributed by atoms with Gasteiger partial charge in [-0.1, -0.05) is 66.7 Å². The molecular formula is C27H25N3O. The molecule has 1 N–H and O–H groups in total. The molecule has 0 fully saturated rings. The number of aromatic nitrogens is 2. The van der Waals surface area contributed by atoms with Crippen LogP contribution in [-0.2, 0) is 24.3 Å². The summed E-state index contributed by atoms with van der Waals surface area (Å²) in [5, 5.41) is 5.50. The van der Waals surface area contributed by atoms with E-state index in [0.29, 0.717) is 13.1 Å². The number of fused-ring (bicyclic) bond motifs is 2. The molecule has 0 saturated carbocycles. The lowest BCUT2D eigenvalue weighted by molar-refractivity contribution is -0.121. The lowest BCUT2D eigenvalue weighted by Crippen LogP contribution is -2.29. The first-order valence-electron chi connectivity index (χ1n) is 10.7. The fourth-order valence-electron chi connectivity index (χ4n) is 4.26. The molecule has 0 saturated heterocycles. The van der Waals surface area contributed by atoms with E-state index in [2.05, 4.69) is 70.7 Å². The van der Waals surface area contributed by atoms with Crippen molar-refractivity contribution < 1.29 is 4.79 Å². The van der Waals surface area contributed by atoms with Gasteiger partial charge in [0, 0.05) is 41.9 Å². The van der Waals surface area contributed by atoms with Crippen molar-refractivity contribution in [3.8, 4) is 0 Å². The average Bonchev–Trinajstić information content (AvgIpc) is 3.36. The molecule has 154 valence electrons. The number of benzene rings is 3. The summed E-state index contributed by atoms with van der Waals surface area (Å²) in [6, 6.07) is 29.2. The molecule has 0 spiro atoms. The fraction of sp³-hybridized carbons (Fsp3) is 0.148. The number of para-hydroxylation sites is 2. The minimum absolute atomic E-state index is 0.0365. The van der Waals surface area contributed by atoms with Gasteiger partial charge in [-0.05, 0) is 41.1 Å². The van der Waals surface area contributed by atoms with Crippen LogP contribution in [0.3, 0.4) is 0 Å². The Morgan fingerprint density at radius 3 is 2.39 bits per heavy atom. The zero-order chi connectivity index (χ0) is 21.0. The van der Waals surface area contributed by atoms with Gasteiger partial charge in [0.25, 0.3) is 0 Å². The third-order valence-corrected chi connectivity index (χ3v) is 5.78. The van der Waals surface area contributed by atoms with Crippen molar-refractivity contribution >= 4 is 27.7 Å². The molecule has 0 aliphatic heterocycles. The molecule has 2 heterocycles. The molecule has 1 amide bonds. The van der Waals surface area contributed by atoms with E-state index < -0.39 is 0 Å². The Bertz CT molecular complexity index is 1330. The summed E-state index contributed by atoms with van der Waals surface area (Å²) in [4.78, 5) is 12.5. The van der Waals surface area contributed by atoms with Crippen molar-refractivity contribution in [1.82, 2.24) is 14.5 Å². The largest absolute Gasteiger partial charge is 0.354 e. The molecule has 4 heteroatoms. The minimum Gasteiger partial charge on any atom is -0.354 e. The highest BCUT2D eigenvalue weighted by atomic mass is 16.1. The second-order valence-electron chi connectivity index (χ2n) is 7.89. The van der Waals surface area contributed by atoms with Crippen molar-refractivity contribution in [3.05, 3.63) is 108 Å². The molecule has 0 atom stereocenters. The number of carbonyl (C=O) groups is 1. The van der Waals surface area contributed by atoms with Gasteiger partial charge >= 0.3 is 0 Å². The summed E-state index contributed by atoms with van der Waals surface area (Å²) in [6.45, 7) is 1.80. The second kappa shape index (κ2) is 8.52. The summed E-state index contributed by atoms with van der Waals surface area (Å²) in [5.74, 6) is 0.0365. The van der Waals surface area contributed by atoms with Gasteiger partial charge in [0.05, 0.1) is 0 Å². The van der Waals surface area contributed by atoms with E-state index in [0.717, 1.165) is 23.9 Å². The Morgan fingerprint density at radius 1 is 0.774 bits per heavy atom. The van der Waals surface area contributed by atoms with Crippen LogP contribution in [0.5, 0.6) is 0 Å². The third kappa shape index (κ3) is 4.10. The van der Waals surface area contributed by atoms with Crippen LogP contribution < -0.4 is 5.32 Å². The van der Waals surface area contributed by atoms with E-state index in [1.807, 2.05) is 41.1 Å². The smallest absolute Gasteiger partial charge is 0.239 e. The zero-order valence-electron chi connectivity index (χ0n) is 17.4. The quantitative estimate of drug-likeness (QED) is 0.405. The van der Waals surface area contributed by atoms with Gasteiger partial charge in [-0.15, -0.1) is 0 Å². The van der Waals surface area contributed by atoms with Crippen LogP contribution in [0.4, 0.5) is 0 Å². The molecular weight excluding hydrogens is 382 g/mol. The molecule has 0 radical (unpaired) electrons. The Labute approximate surface area is 181 Å². The van der Waals surface area contributed by atoms with Crippen molar-refractivity contribution in [1.29, 1.82) is 0 Å². The minimum atomic E-state index is 0.0365. The van der Waals surface area contributed by atoms with Gasteiger partial charge in [-0.25, -0.2) is 0 Å². The fourth-order valence-corrected chi connectivity index (χ4v) is 4.26. The number of nitrogens with one attached hydrogen (secondary N) is 1. The summed E-state index contributed by atoms with van der Waals surface area (Å²) in [6.07, 6.45) is 5.01. The molecule has 5 aromatic rings. The lowest BCUT2D eigenvalue weighted by Gasteiger charge is -2.07. The van der Waals surface area contributed by atoms with Gasteiger partial charge in [0.2, 0.25) is 5.91 Å². The topological polar surface area (TPSA) is 39.0 Å². The maximum atomic E-state index is 12.5. The second-order valence-corrected chi connectivity index (χ2v) is 7.89. The normalized spacial score (nSPS) is 11.2. The van der Waals surface area contributed by atoms with Crippen LogP contribution in [0.15, 0.2) is 97.3 Å². The lowest BCUT2D eigenvalue weighted by atomic mass is 10.1. The molecule has 4 nitrogen and oxygen atoms in total. The molecule has 0 bridgehead atoms. The van der Waals surface area contributed by atoms with E-state index in [1.54, 1.807) is 0 Å². The summed E-state index contributed by atoms with van der Waals surface area (Å²) >= 11 is 0. The highest BCUT2D eigenvalue weighted by molar-refractivity contribution is 5.85. The van der Waals surface area contributed by atoms with Crippen molar-refractivity contribution in [2.45, 2.75) is 19.5 Å². The predicted molar refractivity (Wildman–Crippen MR) is 126 cm³/mol. The van der Waals surface area contributed by atoms with Crippen LogP contribution >= 0.6 is 0 Å². The molecule has 0 unspecified atom stereocenters. The molecule has 0 aliphatic rings. The van der Waals surface area contributed by atoms with Crippen molar-refractivity contribution in [2.24, 2.45) is 0 Å². The first kappa shape index (κ1) is 19.2. The number of hydrogen-bond donors (Lipinski definition) is 1. The number of hydrogen-bond acceptors (Lipinski definition) is 1. The van der Waals surface area contributed by atoms with E-state index in [-0.39, 0.29) is 5.91 Å². The van der Waals surface area contributed by atoms with Crippen LogP contribution in [0, 0.1) is 0 Å². The number of rotatable bonds is 7. The molecule has 3 aromatic carbocycles. The van der Waals surface area contributed by atoms with Crippen LogP contribution in [0.2, 0.25) is 0 Å².